The lowest BCUT2D eigenvalue weighted by atomic mass is 10.2. The highest BCUT2D eigenvalue weighted by Crippen LogP contribution is 2.32. The third-order valence-corrected chi connectivity index (χ3v) is 2.97. The first-order valence-corrected chi connectivity index (χ1v) is 6.36. The van der Waals surface area contributed by atoms with Crippen molar-refractivity contribution in [2.24, 2.45) is 0 Å². The average molecular weight is 317 g/mol. The highest BCUT2D eigenvalue weighted by atomic mass is 35.5. The molecule has 20 heavy (non-hydrogen) atoms. The molecule has 0 unspecified atom stereocenters. The van der Waals surface area contributed by atoms with Crippen LogP contribution in [0.3, 0.4) is 0 Å². The second kappa shape index (κ2) is 6.63. The molecule has 0 bridgehead atoms. The van der Waals surface area contributed by atoms with Gasteiger partial charge in [-0.05, 0) is 19.1 Å². The zero-order chi connectivity index (χ0) is 15.4. The van der Waals surface area contributed by atoms with Gasteiger partial charge in [0.15, 0.2) is 0 Å². The lowest BCUT2D eigenvalue weighted by Crippen LogP contribution is -2.32. The van der Waals surface area contributed by atoms with Crippen molar-refractivity contribution in [3.63, 3.8) is 0 Å². The van der Waals surface area contributed by atoms with Crippen LogP contribution in [-0.2, 0) is 0 Å². The third kappa shape index (κ3) is 4.15. The predicted molar refractivity (Wildman–Crippen MR) is 79.9 cm³/mol. The molecule has 5 nitrogen and oxygen atoms in total. The molecule has 2 N–H and O–H groups in total. The Hall–Kier alpha value is -1.72. The maximum atomic E-state index is 11.9. The first kappa shape index (κ1) is 16.3. The van der Waals surface area contributed by atoms with Gasteiger partial charge in [-0.15, -0.1) is 0 Å². The van der Waals surface area contributed by atoms with Gasteiger partial charge >= 0.3 is 12.0 Å². The van der Waals surface area contributed by atoms with Gasteiger partial charge in [-0.2, -0.15) is 0 Å². The number of nitrogens with one attached hydrogen (secondary N) is 1. The van der Waals surface area contributed by atoms with Crippen LogP contribution in [0.15, 0.2) is 24.3 Å². The number of hydrogen-bond donors (Lipinski definition) is 2. The summed E-state index contributed by atoms with van der Waals surface area (Å²) in [6.07, 6.45) is 0. The number of benzene rings is 1. The van der Waals surface area contributed by atoms with Crippen molar-refractivity contribution in [2.75, 3.05) is 18.9 Å². The molecule has 108 valence electrons. The van der Waals surface area contributed by atoms with E-state index in [4.69, 9.17) is 28.3 Å². The summed E-state index contributed by atoms with van der Waals surface area (Å²) < 4.78 is 0. The molecule has 0 saturated heterocycles. The largest absolute Gasteiger partial charge is 0.478 e. The van der Waals surface area contributed by atoms with Gasteiger partial charge < -0.3 is 15.3 Å². The second-order valence-electron chi connectivity index (χ2n) is 4.36. The van der Waals surface area contributed by atoms with E-state index in [1.54, 1.807) is 14.0 Å². The number of likely N-dealkylation sites (N-methyl/N-ethyl adjacent to an activating group) is 1. The summed E-state index contributed by atoms with van der Waals surface area (Å²) >= 11 is 11.9. The van der Waals surface area contributed by atoms with Gasteiger partial charge in [0.25, 0.3) is 0 Å². The Labute approximate surface area is 126 Å². The van der Waals surface area contributed by atoms with E-state index >= 15 is 0 Å². The van der Waals surface area contributed by atoms with Crippen molar-refractivity contribution in [3.8, 4) is 0 Å². The maximum absolute atomic E-state index is 11.9. The molecule has 0 heterocycles. The lowest BCUT2D eigenvalue weighted by Gasteiger charge is -2.19. The van der Waals surface area contributed by atoms with E-state index in [2.05, 4.69) is 11.9 Å². The molecule has 0 aliphatic rings. The van der Waals surface area contributed by atoms with E-state index in [9.17, 15) is 9.59 Å². The van der Waals surface area contributed by atoms with E-state index in [0.29, 0.717) is 6.54 Å². The fourth-order valence-corrected chi connectivity index (χ4v) is 2.08. The highest BCUT2D eigenvalue weighted by molar-refractivity contribution is 6.40. The molecule has 0 aliphatic heterocycles. The number of carboxylic acids is 1. The second-order valence-corrected chi connectivity index (χ2v) is 5.18. The molecule has 0 spiro atoms. The molecule has 0 radical (unpaired) electrons. The molecule has 1 aromatic rings. The molecule has 0 aromatic heterocycles. The average Bonchev–Trinajstić information content (AvgIpc) is 2.32. The fourth-order valence-electron chi connectivity index (χ4n) is 1.50. The van der Waals surface area contributed by atoms with Gasteiger partial charge in [0.2, 0.25) is 0 Å². The smallest absolute Gasteiger partial charge is 0.335 e. The minimum absolute atomic E-state index is 0.0479. The van der Waals surface area contributed by atoms with Crippen LogP contribution in [0.4, 0.5) is 10.5 Å². The third-order valence-electron chi connectivity index (χ3n) is 2.37. The number of hydrogen-bond acceptors (Lipinski definition) is 2. The van der Waals surface area contributed by atoms with E-state index < -0.39 is 12.0 Å². The summed E-state index contributed by atoms with van der Waals surface area (Å²) in [5.74, 6) is -1.15. The number of anilines is 1. The van der Waals surface area contributed by atoms with Gasteiger partial charge in [0, 0.05) is 13.6 Å². The topological polar surface area (TPSA) is 69.6 Å². The molecule has 1 aromatic carbocycles. The van der Waals surface area contributed by atoms with E-state index in [1.807, 2.05) is 0 Å². The van der Waals surface area contributed by atoms with Crippen LogP contribution in [0.5, 0.6) is 0 Å². The first-order valence-electron chi connectivity index (χ1n) is 5.61. The molecular weight excluding hydrogens is 303 g/mol. The van der Waals surface area contributed by atoms with Crippen molar-refractivity contribution in [3.05, 3.63) is 39.9 Å². The Morgan fingerprint density at radius 3 is 2.25 bits per heavy atom. The number of nitrogens with zero attached hydrogens (tertiary/aromatic N) is 1. The Balaban J connectivity index is 2.96. The number of urea groups is 1. The molecule has 0 aliphatic carbocycles. The minimum Gasteiger partial charge on any atom is -0.478 e. The van der Waals surface area contributed by atoms with Gasteiger partial charge in [0.05, 0.1) is 21.3 Å². The van der Waals surface area contributed by atoms with Gasteiger partial charge in [-0.25, -0.2) is 9.59 Å². The predicted octanol–water partition coefficient (Wildman–Crippen LogP) is 3.73. The maximum Gasteiger partial charge on any atom is 0.335 e. The Kier molecular flexibility index (Phi) is 5.42. The fraction of sp³-hybridized carbons (Fsp3) is 0.231. The van der Waals surface area contributed by atoms with Gasteiger partial charge in [0.1, 0.15) is 0 Å². The summed E-state index contributed by atoms with van der Waals surface area (Å²) in [6.45, 7) is 5.89. The zero-order valence-corrected chi connectivity index (χ0v) is 12.5. The summed E-state index contributed by atoms with van der Waals surface area (Å²) in [6, 6.07) is 2.04. The summed E-state index contributed by atoms with van der Waals surface area (Å²) in [5.41, 5.74) is 0.950. The van der Waals surface area contributed by atoms with E-state index in [-0.39, 0.29) is 21.3 Å². The standard InChI is InChI=1S/C13H14Cl2N2O3/c1-7(2)6-17(3)13(20)16-11-9(14)4-8(12(18)19)5-10(11)15/h4-5H,1,6H2,2-3H3,(H,16,20)(H,18,19). The number of carbonyl (C=O) groups excluding carboxylic acids is 1. The number of carbonyl (C=O) groups is 2. The number of carboxylic acid groups (broad SMARTS) is 1. The van der Waals surface area contributed by atoms with Gasteiger partial charge in [-0.1, -0.05) is 35.4 Å². The molecule has 0 saturated carbocycles. The zero-order valence-electron chi connectivity index (χ0n) is 11.0. The van der Waals surface area contributed by atoms with Crippen LogP contribution < -0.4 is 5.32 Å². The van der Waals surface area contributed by atoms with Crippen LogP contribution in [0, 0.1) is 0 Å². The lowest BCUT2D eigenvalue weighted by molar-refractivity contribution is 0.0697. The van der Waals surface area contributed by atoms with Crippen molar-refractivity contribution in [2.45, 2.75) is 6.92 Å². The molecule has 0 fully saturated rings. The minimum atomic E-state index is -1.15. The van der Waals surface area contributed by atoms with Crippen LogP contribution in [0.2, 0.25) is 10.0 Å². The van der Waals surface area contributed by atoms with Crippen LogP contribution >= 0.6 is 23.2 Å². The van der Waals surface area contributed by atoms with Crippen LogP contribution in [0.1, 0.15) is 17.3 Å². The summed E-state index contributed by atoms with van der Waals surface area (Å²) in [5, 5.41) is 11.5. The normalized spacial score (nSPS) is 10.0. The Morgan fingerprint density at radius 2 is 1.85 bits per heavy atom. The van der Waals surface area contributed by atoms with Crippen molar-refractivity contribution >= 4 is 40.9 Å². The van der Waals surface area contributed by atoms with Crippen LogP contribution in [-0.4, -0.2) is 35.6 Å². The Bertz CT molecular complexity index is 550. The number of aromatic carboxylic acids is 1. The first-order chi connectivity index (χ1) is 9.22. The summed E-state index contributed by atoms with van der Waals surface area (Å²) in [4.78, 5) is 24.2. The molecule has 2 amide bonds. The highest BCUT2D eigenvalue weighted by Gasteiger charge is 2.16. The molecular formula is C13H14Cl2N2O3. The molecule has 1 rings (SSSR count). The number of rotatable bonds is 4. The van der Waals surface area contributed by atoms with E-state index in [1.165, 1.54) is 17.0 Å². The SMILES string of the molecule is C=C(C)CN(C)C(=O)Nc1c(Cl)cc(C(=O)O)cc1Cl. The summed E-state index contributed by atoms with van der Waals surface area (Å²) in [7, 11) is 1.59. The quantitative estimate of drug-likeness (QED) is 0.831. The number of halogens is 2. The molecule has 7 heteroatoms. The van der Waals surface area contributed by atoms with Crippen molar-refractivity contribution in [1.82, 2.24) is 4.90 Å². The monoisotopic (exact) mass is 316 g/mol. The molecule has 0 atom stereocenters. The number of amides is 2. The van der Waals surface area contributed by atoms with Gasteiger partial charge in [-0.3, -0.25) is 0 Å². The Morgan fingerprint density at radius 1 is 1.35 bits per heavy atom. The van der Waals surface area contributed by atoms with E-state index in [0.717, 1.165) is 5.57 Å². The van der Waals surface area contributed by atoms with Crippen molar-refractivity contribution < 1.29 is 14.7 Å². The van der Waals surface area contributed by atoms with Crippen LogP contribution in [0.25, 0.3) is 0 Å². The van der Waals surface area contributed by atoms with Crippen molar-refractivity contribution in [1.29, 1.82) is 0 Å².